The van der Waals surface area contributed by atoms with Crippen molar-refractivity contribution in [2.24, 2.45) is 17.8 Å². The molecule has 5 rings (SSSR count). The predicted molar refractivity (Wildman–Crippen MR) is 84.1 cm³/mol. The van der Waals surface area contributed by atoms with E-state index in [9.17, 15) is 4.79 Å². The third-order valence-electron chi connectivity index (χ3n) is 5.42. The van der Waals surface area contributed by atoms with Gasteiger partial charge >= 0.3 is 6.09 Å². The molecule has 0 aromatic rings. The molecule has 1 heterocycles. The Morgan fingerprint density at radius 3 is 2.10 bits per heavy atom. The molecule has 4 aliphatic carbocycles. The highest BCUT2D eigenvalue weighted by Gasteiger charge is 2.53. The normalized spacial score (nSPS) is 43.5. The van der Waals surface area contributed by atoms with Crippen molar-refractivity contribution < 1.29 is 9.53 Å². The van der Waals surface area contributed by atoms with Gasteiger partial charge in [-0.2, -0.15) is 0 Å². The number of rotatable bonds is 2. The fourth-order valence-electron chi connectivity index (χ4n) is 5.12. The Labute approximate surface area is 129 Å². The Kier molecular flexibility index (Phi) is 3.62. The maximum Gasteiger partial charge on any atom is 0.407 e. The largest absolute Gasteiger partial charge is 0.443 e. The fraction of sp³-hybridized carbons (Fsp3) is 0.933. The highest BCUT2D eigenvalue weighted by Crippen LogP contribution is 2.57. The number of carbonyl (C=O) groups excluding carboxylic acids is 1. The molecule has 0 atom stereocenters. The third kappa shape index (κ3) is 2.68. The molecular formula is C15H23NO2S2. The van der Waals surface area contributed by atoms with E-state index in [0.29, 0.717) is 6.04 Å². The van der Waals surface area contributed by atoms with Gasteiger partial charge in [-0.1, -0.05) is 0 Å². The zero-order valence-corrected chi connectivity index (χ0v) is 13.4. The van der Waals surface area contributed by atoms with Gasteiger partial charge in [0.2, 0.25) is 0 Å². The lowest BCUT2D eigenvalue weighted by atomic mass is 9.54. The SMILES string of the molecule is O=C(NC1CSCSC1)OC12CC3CC(CC(C3)C1)C2. The summed E-state index contributed by atoms with van der Waals surface area (Å²) in [6.07, 6.45) is 7.39. The molecule has 0 radical (unpaired) electrons. The lowest BCUT2D eigenvalue weighted by Crippen LogP contribution is -2.54. The van der Waals surface area contributed by atoms with Gasteiger partial charge in [-0.05, 0) is 56.3 Å². The molecular weight excluding hydrogens is 290 g/mol. The van der Waals surface area contributed by atoms with Crippen molar-refractivity contribution in [3.05, 3.63) is 0 Å². The Hall–Kier alpha value is -0.0300. The van der Waals surface area contributed by atoms with Gasteiger partial charge in [-0.3, -0.25) is 0 Å². The van der Waals surface area contributed by atoms with Crippen molar-refractivity contribution in [1.29, 1.82) is 0 Å². The molecule has 20 heavy (non-hydrogen) atoms. The van der Waals surface area contributed by atoms with Crippen LogP contribution in [0, 0.1) is 17.8 Å². The van der Waals surface area contributed by atoms with Gasteiger partial charge in [-0.25, -0.2) is 4.79 Å². The first kappa shape index (κ1) is 13.6. The first-order valence-corrected chi connectivity index (χ1v) is 10.2. The van der Waals surface area contributed by atoms with Crippen molar-refractivity contribution in [3.63, 3.8) is 0 Å². The van der Waals surface area contributed by atoms with Gasteiger partial charge in [0.05, 0.1) is 6.04 Å². The zero-order chi connectivity index (χ0) is 13.6. The van der Waals surface area contributed by atoms with Gasteiger partial charge in [0.15, 0.2) is 0 Å². The summed E-state index contributed by atoms with van der Waals surface area (Å²) in [7, 11) is 0. The second kappa shape index (κ2) is 5.31. The van der Waals surface area contributed by atoms with E-state index in [-0.39, 0.29) is 11.7 Å². The maximum absolute atomic E-state index is 12.2. The minimum atomic E-state index is -0.153. The lowest BCUT2D eigenvalue weighted by molar-refractivity contribution is -0.127. The van der Waals surface area contributed by atoms with E-state index >= 15 is 0 Å². The number of carbonyl (C=O) groups is 1. The fourth-order valence-corrected chi connectivity index (χ4v) is 7.48. The molecule has 3 nitrogen and oxygen atoms in total. The Morgan fingerprint density at radius 1 is 1.00 bits per heavy atom. The van der Waals surface area contributed by atoms with Crippen LogP contribution >= 0.6 is 23.5 Å². The molecule has 5 aliphatic rings. The monoisotopic (exact) mass is 313 g/mol. The lowest BCUT2D eigenvalue weighted by Gasteiger charge is -2.55. The predicted octanol–water partition coefficient (Wildman–Crippen LogP) is 3.49. The van der Waals surface area contributed by atoms with Gasteiger partial charge in [0.1, 0.15) is 5.60 Å². The molecule has 112 valence electrons. The summed E-state index contributed by atoms with van der Waals surface area (Å²) in [6, 6.07) is 0.292. The number of alkyl carbamates (subject to hydrolysis) is 1. The average molecular weight is 313 g/mol. The quantitative estimate of drug-likeness (QED) is 0.847. The maximum atomic E-state index is 12.2. The smallest absolute Gasteiger partial charge is 0.407 e. The Morgan fingerprint density at radius 2 is 1.55 bits per heavy atom. The number of thioether (sulfide) groups is 2. The van der Waals surface area contributed by atoms with Crippen LogP contribution < -0.4 is 5.32 Å². The van der Waals surface area contributed by atoms with E-state index in [4.69, 9.17) is 4.74 Å². The number of amides is 1. The second-order valence-electron chi connectivity index (χ2n) is 7.19. The van der Waals surface area contributed by atoms with Crippen molar-refractivity contribution in [1.82, 2.24) is 5.32 Å². The average Bonchev–Trinajstić information content (AvgIpc) is 2.37. The van der Waals surface area contributed by atoms with Gasteiger partial charge in [0.25, 0.3) is 0 Å². The van der Waals surface area contributed by atoms with Gasteiger partial charge in [-0.15, -0.1) is 23.5 Å². The minimum absolute atomic E-state index is 0.103. The topological polar surface area (TPSA) is 38.3 Å². The van der Waals surface area contributed by atoms with Crippen LogP contribution in [0.4, 0.5) is 4.79 Å². The summed E-state index contributed by atoms with van der Waals surface area (Å²) in [5.41, 5.74) is -0.103. The molecule has 0 aromatic heterocycles. The number of hydrogen-bond donors (Lipinski definition) is 1. The van der Waals surface area contributed by atoms with Crippen LogP contribution in [0.5, 0.6) is 0 Å². The van der Waals surface area contributed by atoms with Crippen molar-refractivity contribution >= 4 is 29.6 Å². The van der Waals surface area contributed by atoms with E-state index < -0.39 is 0 Å². The van der Waals surface area contributed by atoms with Gasteiger partial charge < -0.3 is 10.1 Å². The van der Waals surface area contributed by atoms with E-state index in [1.54, 1.807) is 0 Å². The molecule has 1 N–H and O–H groups in total. The van der Waals surface area contributed by atoms with E-state index in [1.807, 2.05) is 23.5 Å². The number of nitrogens with one attached hydrogen (secondary N) is 1. The molecule has 1 saturated heterocycles. The minimum Gasteiger partial charge on any atom is -0.443 e. The van der Waals surface area contributed by atoms with Crippen molar-refractivity contribution in [2.45, 2.75) is 50.2 Å². The van der Waals surface area contributed by atoms with Crippen LogP contribution in [-0.4, -0.2) is 34.3 Å². The number of hydrogen-bond acceptors (Lipinski definition) is 4. The highest BCUT2D eigenvalue weighted by atomic mass is 32.2. The molecule has 4 saturated carbocycles. The van der Waals surface area contributed by atoms with Crippen LogP contribution in [0.25, 0.3) is 0 Å². The first-order valence-electron chi connectivity index (χ1n) is 7.86. The molecule has 1 aliphatic heterocycles. The number of ether oxygens (including phenoxy) is 1. The molecule has 5 fully saturated rings. The molecule has 5 heteroatoms. The first-order chi connectivity index (χ1) is 9.71. The summed E-state index contributed by atoms with van der Waals surface area (Å²) in [5, 5.41) is 4.25. The highest BCUT2D eigenvalue weighted by molar-refractivity contribution is 8.16. The molecule has 0 unspecified atom stereocenters. The van der Waals surface area contributed by atoms with E-state index in [2.05, 4.69) is 5.32 Å². The van der Waals surface area contributed by atoms with E-state index in [1.165, 1.54) is 19.3 Å². The molecule has 1 amide bonds. The van der Waals surface area contributed by atoms with E-state index in [0.717, 1.165) is 53.6 Å². The van der Waals surface area contributed by atoms with Gasteiger partial charge in [0, 0.05) is 16.6 Å². The summed E-state index contributed by atoms with van der Waals surface area (Å²) in [6.45, 7) is 0. The van der Waals surface area contributed by atoms with Crippen LogP contribution in [0.2, 0.25) is 0 Å². The Balaban J connectivity index is 1.37. The van der Waals surface area contributed by atoms with Crippen LogP contribution in [0.15, 0.2) is 0 Å². The van der Waals surface area contributed by atoms with Crippen LogP contribution in [0.1, 0.15) is 38.5 Å². The second-order valence-corrected chi connectivity index (χ2v) is 9.62. The zero-order valence-electron chi connectivity index (χ0n) is 11.8. The van der Waals surface area contributed by atoms with Crippen LogP contribution in [0.3, 0.4) is 0 Å². The van der Waals surface area contributed by atoms with Crippen molar-refractivity contribution in [2.75, 3.05) is 16.6 Å². The van der Waals surface area contributed by atoms with Crippen molar-refractivity contribution in [3.8, 4) is 0 Å². The third-order valence-corrected chi connectivity index (χ3v) is 8.03. The summed E-state index contributed by atoms with van der Waals surface area (Å²) in [5.74, 6) is 4.55. The van der Waals surface area contributed by atoms with Crippen LogP contribution in [-0.2, 0) is 4.74 Å². The molecule has 4 bridgehead atoms. The Bertz CT molecular complexity index is 360. The summed E-state index contributed by atoms with van der Waals surface area (Å²) in [4.78, 5) is 12.2. The molecule has 0 spiro atoms. The standard InChI is InChI=1S/C15H23NO2S2/c17-14(16-13-7-19-9-20-8-13)18-15-4-10-1-11(5-15)3-12(2-10)6-15/h10-13H,1-9H2,(H,16,17). The summed E-state index contributed by atoms with van der Waals surface area (Å²) < 4.78 is 5.98. The molecule has 0 aromatic carbocycles. The summed E-state index contributed by atoms with van der Waals surface area (Å²) >= 11 is 3.82.